The summed E-state index contributed by atoms with van der Waals surface area (Å²) < 4.78 is 49.3. The Morgan fingerprint density at radius 1 is 1.25 bits per heavy atom. The molecule has 0 spiro atoms. The average Bonchev–Trinajstić information content (AvgIpc) is 2.04. The second kappa shape index (κ2) is 3.78. The van der Waals surface area contributed by atoms with Gasteiger partial charge in [-0.3, -0.25) is 0 Å². The molecule has 0 radical (unpaired) electrons. The van der Waals surface area contributed by atoms with Crippen LogP contribution in [0, 0.1) is 11.6 Å². The van der Waals surface area contributed by atoms with E-state index in [1.54, 1.807) is 0 Å². The van der Waals surface area contributed by atoms with Crippen LogP contribution in [0.3, 0.4) is 0 Å². The highest BCUT2D eigenvalue weighted by Gasteiger charge is 2.27. The van der Waals surface area contributed by atoms with Crippen LogP contribution < -0.4 is 0 Å². The second-order valence-electron chi connectivity index (χ2n) is 4.10. The van der Waals surface area contributed by atoms with Crippen LogP contribution in [-0.2, 0) is 15.4 Å². The molecule has 0 heterocycles. The average molecular weight is 250 g/mol. The maximum atomic E-state index is 13.7. The number of rotatable bonds is 2. The Bertz CT molecular complexity index is 516. The second-order valence-corrected chi connectivity index (χ2v) is 6.08. The zero-order valence-electron chi connectivity index (χ0n) is 9.08. The molecule has 0 fully saturated rings. The third-order valence-electron chi connectivity index (χ3n) is 2.06. The maximum absolute atomic E-state index is 13.7. The van der Waals surface area contributed by atoms with Gasteiger partial charge in [-0.05, 0) is 26.0 Å². The lowest BCUT2D eigenvalue weighted by Gasteiger charge is -2.19. The van der Waals surface area contributed by atoms with E-state index in [9.17, 15) is 22.3 Å². The lowest BCUT2D eigenvalue weighted by Crippen LogP contribution is -2.20. The minimum Gasteiger partial charge on any atom is -0.386 e. The van der Waals surface area contributed by atoms with Crippen molar-refractivity contribution in [2.45, 2.75) is 24.3 Å². The minimum atomic E-state index is -3.86. The molecule has 0 aliphatic heterocycles. The van der Waals surface area contributed by atoms with E-state index in [0.717, 1.165) is 12.3 Å². The summed E-state index contributed by atoms with van der Waals surface area (Å²) in [5, 5.41) is 9.58. The monoisotopic (exact) mass is 250 g/mol. The highest BCUT2D eigenvalue weighted by molar-refractivity contribution is 7.90. The van der Waals surface area contributed by atoms with Crippen LogP contribution >= 0.6 is 0 Å². The molecule has 1 rings (SSSR count). The standard InChI is InChI=1S/C10H12F2O3S/c1-10(2,13)7-4-6(11)5-8(9(7)12)16(3,14)15/h4-5,13H,1-3H3. The molecule has 0 unspecified atom stereocenters. The summed E-state index contributed by atoms with van der Waals surface area (Å²) in [6.07, 6.45) is 0.777. The van der Waals surface area contributed by atoms with Crippen molar-refractivity contribution in [2.24, 2.45) is 0 Å². The van der Waals surface area contributed by atoms with Crippen LogP contribution in [0.15, 0.2) is 17.0 Å². The van der Waals surface area contributed by atoms with E-state index in [4.69, 9.17) is 0 Å². The van der Waals surface area contributed by atoms with Crippen molar-refractivity contribution in [1.29, 1.82) is 0 Å². The highest BCUT2D eigenvalue weighted by atomic mass is 32.2. The fourth-order valence-electron chi connectivity index (χ4n) is 1.28. The third kappa shape index (κ3) is 2.56. The van der Waals surface area contributed by atoms with E-state index in [2.05, 4.69) is 0 Å². The zero-order valence-corrected chi connectivity index (χ0v) is 9.90. The Balaban J connectivity index is 3.64. The van der Waals surface area contributed by atoms with Gasteiger partial charge in [-0.2, -0.15) is 0 Å². The predicted molar refractivity (Wildman–Crippen MR) is 54.7 cm³/mol. The fraction of sp³-hybridized carbons (Fsp3) is 0.400. The molecule has 6 heteroatoms. The summed E-state index contributed by atoms with van der Waals surface area (Å²) in [4.78, 5) is -0.746. The summed E-state index contributed by atoms with van der Waals surface area (Å²) in [6, 6.07) is 1.38. The third-order valence-corrected chi connectivity index (χ3v) is 3.16. The van der Waals surface area contributed by atoms with E-state index in [0.29, 0.717) is 6.07 Å². The van der Waals surface area contributed by atoms with E-state index in [1.165, 1.54) is 13.8 Å². The first-order chi connectivity index (χ1) is 7.03. The smallest absolute Gasteiger partial charge is 0.178 e. The van der Waals surface area contributed by atoms with Crippen molar-refractivity contribution in [3.63, 3.8) is 0 Å². The first-order valence-corrected chi connectivity index (χ1v) is 6.34. The van der Waals surface area contributed by atoms with Crippen LogP contribution in [0.5, 0.6) is 0 Å². The number of hydrogen-bond donors (Lipinski definition) is 1. The molecule has 0 amide bonds. The molecular formula is C10H12F2O3S. The fourth-order valence-corrected chi connectivity index (χ4v) is 2.04. The van der Waals surface area contributed by atoms with Crippen LogP contribution in [0.4, 0.5) is 8.78 Å². The van der Waals surface area contributed by atoms with Gasteiger partial charge in [-0.15, -0.1) is 0 Å². The number of hydrogen-bond acceptors (Lipinski definition) is 3. The Morgan fingerprint density at radius 2 is 1.75 bits per heavy atom. The lowest BCUT2D eigenvalue weighted by molar-refractivity contribution is 0.0735. The van der Waals surface area contributed by atoms with Gasteiger partial charge in [0.2, 0.25) is 0 Å². The molecule has 1 aromatic rings. The Hall–Kier alpha value is -1.01. The van der Waals surface area contributed by atoms with E-state index in [1.807, 2.05) is 0 Å². The Morgan fingerprint density at radius 3 is 2.12 bits per heavy atom. The lowest BCUT2D eigenvalue weighted by atomic mass is 9.98. The number of benzene rings is 1. The van der Waals surface area contributed by atoms with Crippen molar-refractivity contribution < 1.29 is 22.3 Å². The highest BCUT2D eigenvalue weighted by Crippen LogP contribution is 2.28. The van der Waals surface area contributed by atoms with Crippen LogP contribution in [0.2, 0.25) is 0 Å². The Kier molecular flexibility index (Phi) is 3.08. The van der Waals surface area contributed by atoms with Crippen molar-refractivity contribution in [2.75, 3.05) is 6.26 Å². The van der Waals surface area contributed by atoms with Crippen molar-refractivity contribution in [3.05, 3.63) is 29.3 Å². The van der Waals surface area contributed by atoms with Gasteiger partial charge < -0.3 is 5.11 Å². The molecule has 0 aromatic heterocycles. The molecule has 0 aliphatic carbocycles. The SMILES string of the molecule is CC(C)(O)c1cc(F)cc(S(C)(=O)=O)c1F. The minimum absolute atomic E-state index is 0.382. The van der Waals surface area contributed by atoms with E-state index in [-0.39, 0.29) is 5.56 Å². The van der Waals surface area contributed by atoms with Gasteiger partial charge in [0.25, 0.3) is 0 Å². The van der Waals surface area contributed by atoms with Gasteiger partial charge in [-0.1, -0.05) is 0 Å². The summed E-state index contributed by atoms with van der Waals surface area (Å²) in [5.41, 5.74) is -2.03. The normalized spacial score (nSPS) is 12.9. The first-order valence-electron chi connectivity index (χ1n) is 4.45. The maximum Gasteiger partial charge on any atom is 0.178 e. The predicted octanol–water partition coefficient (Wildman–Crippen LogP) is 1.60. The van der Waals surface area contributed by atoms with Crippen molar-refractivity contribution in [3.8, 4) is 0 Å². The molecule has 0 atom stereocenters. The van der Waals surface area contributed by atoms with Crippen LogP contribution in [0.25, 0.3) is 0 Å². The Labute approximate surface area is 92.6 Å². The van der Waals surface area contributed by atoms with Gasteiger partial charge in [0.05, 0.1) is 5.60 Å². The van der Waals surface area contributed by atoms with Crippen LogP contribution in [0.1, 0.15) is 19.4 Å². The first kappa shape index (κ1) is 13.1. The molecule has 16 heavy (non-hydrogen) atoms. The number of aliphatic hydroxyl groups is 1. The quantitative estimate of drug-likeness (QED) is 0.867. The topological polar surface area (TPSA) is 54.4 Å². The molecule has 0 aliphatic rings. The van der Waals surface area contributed by atoms with Crippen molar-refractivity contribution >= 4 is 9.84 Å². The van der Waals surface area contributed by atoms with E-state index < -0.39 is 32.0 Å². The molecule has 90 valence electrons. The molecular weight excluding hydrogens is 238 g/mol. The van der Waals surface area contributed by atoms with Crippen molar-refractivity contribution in [1.82, 2.24) is 0 Å². The number of halogens is 2. The molecule has 0 bridgehead atoms. The largest absolute Gasteiger partial charge is 0.386 e. The summed E-state index contributed by atoms with van der Waals surface area (Å²) >= 11 is 0. The van der Waals surface area contributed by atoms with Crippen LogP contribution in [-0.4, -0.2) is 19.8 Å². The molecule has 1 N–H and O–H groups in total. The van der Waals surface area contributed by atoms with Gasteiger partial charge in [0.15, 0.2) is 9.84 Å². The summed E-state index contributed by atoms with van der Waals surface area (Å²) in [6.45, 7) is 2.49. The molecule has 3 nitrogen and oxygen atoms in total. The summed E-state index contributed by atoms with van der Waals surface area (Å²) in [5.74, 6) is -2.02. The van der Waals surface area contributed by atoms with E-state index >= 15 is 0 Å². The van der Waals surface area contributed by atoms with Gasteiger partial charge in [0.1, 0.15) is 16.5 Å². The zero-order chi connectivity index (χ0) is 12.7. The number of sulfone groups is 1. The van der Waals surface area contributed by atoms with Gasteiger partial charge in [0, 0.05) is 11.8 Å². The van der Waals surface area contributed by atoms with Gasteiger partial charge >= 0.3 is 0 Å². The molecule has 0 saturated heterocycles. The van der Waals surface area contributed by atoms with Gasteiger partial charge in [-0.25, -0.2) is 17.2 Å². The summed E-state index contributed by atoms with van der Waals surface area (Å²) in [7, 11) is -3.86. The molecule has 1 aromatic carbocycles. The molecule has 0 saturated carbocycles.